The number of nitrogens with zero attached hydrogens (tertiary/aromatic N) is 1. The Morgan fingerprint density at radius 1 is 1.25 bits per heavy atom. The molecule has 0 saturated carbocycles. The van der Waals surface area contributed by atoms with Gasteiger partial charge >= 0.3 is 11.9 Å². The molecule has 32 heavy (non-hydrogen) atoms. The van der Waals surface area contributed by atoms with Gasteiger partial charge in [-0.15, -0.1) is 0 Å². The quantitative estimate of drug-likeness (QED) is 0.434. The number of benzene rings is 1. The number of hydrogen-bond donors (Lipinski definition) is 1. The summed E-state index contributed by atoms with van der Waals surface area (Å²) >= 11 is 0. The van der Waals surface area contributed by atoms with Crippen LogP contribution in [-0.4, -0.2) is 70.5 Å². The second-order valence-corrected chi connectivity index (χ2v) is 8.12. The van der Waals surface area contributed by atoms with E-state index in [1.807, 2.05) is 13.8 Å². The van der Waals surface area contributed by atoms with Gasteiger partial charge in [0, 0.05) is 44.2 Å². The third-order valence-corrected chi connectivity index (χ3v) is 6.08. The zero-order valence-electron chi connectivity index (χ0n) is 19.5. The van der Waals surface area contributed by atoms with Crippen LogP contribution in [0.4, 0.5) is 5.69 Å². The Morgan fingerprint density at radius 3 is 2.69 bits per heavy atom. The van der Waals surface area contributed by atoms with Crippen LogP contribution in [0.1, 0.15) is 46.8 Å². The van der Waals surface area contributed by atoms with Crippen LogP contribution in [0.5, 0.6) is 5.75 Å². The summed E-state index contributed by atoms with van der Waals surface area (Å²) in [6.07, 6.45) is 3.63. The van der Waals surface area contributed by atoms with Crippen molar-refractivity contribution in [2.24, 2.45) is 0 Å². The summed E-state index contributed by atoms with van der Waals surface area (Å²) < 4.78 is 21.6. The Labute approximate surface area is 189 Å². The predicted octanol–water partition coefficient (Wildman–Crippen LogP) is 2.86. The van der Waals surface area contributed by atoms with Crippen LogP contribution < -0.4 is 10.1 Å². The number of esters is 2. The van der Waals surface area contributed by atoms with Gasteiger partial charge in [0.25, 0.3) is 0 Å². The van der Waals surface area contributed by atoms with Gasteiger partial charge in [-0.25, -0.2) is 4.79 Å². The van der Waals surface area contributed by atoms with Gasteiger partial charge in [-0.2, -0.15) is 0 Å². The van der Waals surface area contributed by atoms with E-state index in [1.165, 1.54) is 0 Å². The molecule has 2 aliphatic heterocycles. The summed E-state index contributed by atoms with van der Waals surface area (Å²) in [5.74, 6) is 0.269. The van der Waals surface area contributed by atoms with Crippen LogP contribution in [-0.2, 0) is 32.0 Å². The SMILES string of the molecule is CNc1c(C/C=C(\C)CCC(=O)OCCN2CCOCC2)c(OC)c(C)c2c1C(=O)OC2. The van der Waals surface area contributed by atoms with Crippen molar-refractivity contribution in [3.63, 3.8) is 0 Å². The first kappa shape index (κ1) is 24.1. The molecule has 0 aromatic heterocycles. The fourth-order valence-corrected chi connectivity index (χ4v) is 4.19. The van der Waals surface area contributed by atoms with Crippen molar-refractivity contribution in [3.8, 4) is 5.75 Å². The molecular weight excluding hydrogens is 412 g/mol. The highest BCUT2D eigenvalue weighted by molar-refractivity contribution is 6.01. The molecule has 176 valence electrons. The summed E-state index contributed by atoms with van der Waals surface area (Å²) in [4.78, 5) is 26.6. The van der Waals surface area contributed by atoms with Gasteiger partial charge in [-0.3, -0.25) is 9.69 Å². The lowest BCUT2D eigenvalue weighted by molar-refractivity contribution is -0.144. The maximum atomic E-state index is 12.3. The third-order valence-electron chi connectivity index (χ3n) is 6.08. The molecule has 8 nitrogen and oxygen atoms in total. The van der Waals surface area contributed by atoms with Gasteiger partial charge in [-0.1, -0.05) is 11.6 Å². The van der Waals surface area contributed by atoms with E-state index in [2.05, 4.69) is 16.3 Å². The highest BCUT2D eigenvalue weighted by Gasteiger charge is 2.31. The fourth-order valence-electron chi connectivity index (χ4n) is 4.19. The molecule has 0 bridgehead atoms. The lowest BCUT2D eigenvalue weighted by Crippen LogP contribution is -2.38. The topological polar surface area (TPSA) is 86.3 Å². The molecule has 2 heterocycles. The molecule has 0 amide bonds. The second kappa shape index (κ2) is 11.3. The monoisotopic (exact) mass is 446 g/mol. The van der Waals surface area contributed by atoms with E-state index in [-0.39, 0.29) is 18.5 Å². The van der Waals surface area contributed by atoms with Crippen LogP contribution in [0.2, 0.25) is 0 Å². The van der Waals surface area contributed by atoms with Gasteiger partial charge < -0.3 is 24.3 Å². The van der Waals surface area contributed by atoms with Crippen molar-refractivity contribution in [1.82, 2.24) is 4.90 Å². The number of fused-ring (bicyclic) bond motifs is 1. The van der Waals surface area contributed by atoms with Gasteiger partial charge in [0.05, 0.1) is 31.6 Å². The number of carbonyl (C=O) groups is 2. The average molecular weight is 447 g/mol. The summed E-state index contributed by atoms with van der Waals surface area (Å²) in [6, 6.07) is 0. The summed E-state index contributed by atoms with van der Waals surface area (Å²) in [5.41, 5.74) is 5.14. The number of carbonyl (C=O) groups excluding carboxylic acids is 2. The molecule has 0 radical (unpaired) electrons. The zero-order valence-corrected chi connectivity index (χ0v) is 19.5. The van der Waals surface area contributed by atoms with Crippen molar-refractivity contribution in [1.29, 1.82) is 0 Å². The number of cyclic esters (lactones) is 1. The Balaban J connectivity index is 1.57. The maximum absolute atomic E-state index is 12.3. The Morgan fingerprint density at radius 2 is 2.00 bits per heavy atom. The minimum Gasteiger partial charge on any atom is -0.496 e. The number of anilines is 1. The normalized spacial score (nSPS) is 16.5. The molecule has 0 atom stereocenters. The van der Waals surface area contributed by atoms with Crippen LogP contribution in [0.3, 0.4) is 0 Å². The van der Waals surface area contributed by atoms with E-state index in [9.17, 15) is 9.59 Å². The largest absolute Gasteiger partial charge is 0.496 e. The van der Waals surface area contributed by atoms with Crippen LogP contribution >= 0.6 is 0 Å². The van der Waals surface area contributed by atoms with E-state index >= 15 is 0 Å². The van der Waals surface area contributed by atoms with Crippen LogP contribution in [0.25, 0.3) is 0 Å². The summed E-state index contributed by atoms with van der Waals surface area (Å²) in [7, 11) is 3.43. The minimum atomic E-state index is -0.308. The second-order valence-electron chi connectivity index (χ2n) is 8.12. The summed E-state index contributed by atoms with van der Waals surface area (Å²) in [5, 5.41) is 3.16. The van der Waals surface area contributed by atoms with E-state index in [0.717, 1.165) is 66.5 Å². The van der Waals surface area contributed by atoms with Crippen molar-refractivity contribution in [2.45, 2.75) is 39.7 Å². The van der Waals surface area contributed by atoms with Crippen molar-refractivity contribution < 1.29 is 28.5 Å². The molecule has 1 fully saturated rings. The minimum absolute atomic E-state index is 0.185. The Hall–Kier alpha value is -2.58. The molecule has 8 heteroatoms. The molecule has 1 aromatic rings. The molecular formula is C24H34N2O6. The first-order chi connectivity index (χ1) is 15.5. The number of hydrogen-bond acceptors (Lipinski definition) is 8. The Kier molecular flexibility index (Phi) is 8.53. The van der Waals surface area contributed by atoms with E-state index < -0.39 is 0 Å². The Bertz CT molecular complexity index is 874. The molecule has 3 rings (SSSR count). The lowest BCUT2D eigenvalue weighted by atomic mass is 9.93. The molecule has 1 N–H and O–H groups in total. The zero-order chi connectivity index (χ0) is 23.1. The standard InChI is InChI=1S/C24H34N2O6/c1-16(6-8-20(27)31-14-11-26-9-12-30-13-10-26)5-7-18-22(25-3)21-19(15-32-24(21)28)17(2)23(18)29-4/h5,25H,6-15H2,1-4H3/b16-5+. The molecule has 1 aromatic carbocycles. The van der Waals surface area contributed by atoms with Gasteiger partial charge in [-0.05, 0) is 32.3 Å². The smallest absolute Gasteiger partial charge is 0.341 e. The number of morpholine rings is 1. The number of methoxy groups -OCH3 is 1. The molecule has 2 aliphatic rings. The predicted molar refractivity (Wildman–Crippen MR) is 121 cm³/mol. The molecule has 0 spiro atoms. The highest BCUT2D eigenvalue weighted by Crippen LogP contribution is 2.41. The van der Waals surface area contributed by atoms with Gasteiger partial charge in [0.1, 0.15) is 19.0 Å². The highest BCUT2D eigenvalue weighted by atomic mass is 16.5. The number of ether oxygens (including phenoxy) is 4. The average Bonchev–Trinajstić information content (AvgIpc) is 3.19. The molecule has 1 saturated heterocycles. The molecule has 0 aliphatic carbocycles. The van der Waals surface area contributed by atoms with E-state index in [1.54, 1.807) is 14.2 Å². The van der Waals surface area contributed by atoms with Gasteiger partial charge in [0.2, 0.25) is 0 Å². The summed E-state index contributed by atoms with van der Waals surface area (Å²) in [6.45, 7) is 8.63. The van der Waals surface area contributed by atoms with Crippen molar-refractivity contribution >= 4 is 17.6 Å². The van der Waals surface area contributed by atoms with Crippen molar-refractivity contribution in [3.05, 3.63) is 33.9 Å². The third kappa shape index (κ3) is 5.61. The number of rotatable bonds is 10. The fraction of sp³-hybridized carbons (Fsp3) is 0.583. The van der Waals surface area contributed by atoms with Crippen LogP contribution in [0, 0.1) is 6.92 Å². The lowest BCUT2D eigenvalue weighted by Gasteiger charge is -2.26. The van der Waals surface area contributed by atoms with E-state index in [4.69, 9.17) is 18.9 Å². The number of allylic oxidation sites excluding steroid dienone is 2. The van der Waals surface area contributed by atoms with Gasteiger partial charge in [0.15, 0.2) is 0 Å². The van der Waals surface area contributed by atoms with Crippen LogP contribution in [0.15, 0.2) is 11.6 Å². The van der Waals surface area contributed by atoms with E-state index in [0.29, 0.717) is 31.4 Å². The first-order valence-corrected chi connectivity index (χ1v) is 11.1. The molecule has 0 unspecified atom stereocenters. The number of nitrogens with one attached hydrogen (secondary N) is 1. The van der Waals surface area contributed by atoms with Crippen molar-refractivity contribution in [2.75, 3.05) is 58.9 Å². The first-order valence-electron chi connectivity index (χ1n) is 11.1. The maximum Gasteiger partial charge on any atom is 0.341 e.